The monoisotopic (exact) mass is 757 g/mol. The molecule has 1 aliphatic heterocycles. The van der Waals surface area contributed by atoms with Crippen LogP contribution in [0.5, 0.6) is 0 Å². The van der Waals surface area contributed by atoms with Gasteiger partial charge in [-0.1, -0.05) is 194 Å². The van der Waals surface area contributed by atoms with Crippen LogP contribution in [0.2, 0.25) is 0 Å². The van der Waals surface area contributed by atoms with Crippen molar-refractivity contribution in [1.82, 2.24) is 10.6 Å². The molecule has 10 aromatic rings. The maximum atomic E-state index is 6.55. The second kappa shape index (κ2) is 14.8. The lowest BCUT2D eigenvalue weighted by Crippen LogP contribution is -2.45. The van der Waals surface area contributed by atoms with E-state index in [9.17, 15) is 0 Å². The Morgan fingerprint density at radius 3 is 1.63 bits per heavy atom. The van der Waals surface area contributed by atoms with Crippen LogP contribution >= 0.6 is 0 Å². The Morgan fingerprint density at radius 1 is 0.390 bits per heavy atom. The van der Waals surface area contributed by atoms with E-state index in [4.69, 9.17) is 9.41 Å². The smallest absolute Gasteiger partial charge is 0.136 e. The van der Waals surface area contributed by atoms with E-state index in [0.717, 1.165) is 66.7 Å². The molecule has 59 heavy (non-hydrogen) atoms. The summed E-state index contributed by atoms with van der Waals surface area (Å²) in [6.07, 6.45) is -0.521. The van der Waals surface area contributed by atoms with Crippen LogP contribution < -0.4 is 10.6 Å². The first-order valence-corrected chi connectivity index (χ1v) is 20.2. The van der Waals surface area contributed by atoms with Crippen molar-refractivity contribution in [2.45, 2.75) is 12.3 Å². The maximum absolute atomic E-state index is 6.55. The molecule has 0 saturated heterocycles. The minimum atomic E-state index is -0.284. The first-order valence-electron chi connectivity index (χ1n) is 20.2. The van der Waals surface area contributed by atoms with Crippen LogP contribution in [0.1, 0.15) is 29.0 Å². The lowest BCUT2D eigenvalue weighted by molar-refractivity contribution is 0.411. The van der Waals surface area contributed by atoms with Crippen molar-refractivity contribution < 1.29 is 4.42 Å². The summed E-state index contributed by atoms with van der Waals surface area (Å²) >= 11 is 0. The Kier molecular flexibility index (Phi) is 8.68. The predicted molar refractivity (Wildman–Crippen MR) is 244 cm³/mol. The van der Waals surface area contributed by atoms with Crippen LogP contribution in [-0.2, 0) is 0 Å². The molecule has 9 aromatic carbocycles. The standard InChI is InChI=1S/C55H39N3O/c1-4-14-36(15-5-1)39-26-30-41(31-27-39)53-56-54(42-32-28-40(29-33-42)37-16-6-2-7-17-37)58-55(57-53)47-24-13-21-44-45(47)22-12-23-46(44)49-34-43(38-18-8-3-9-19-38)35-51-52(49)48-20-10-11-25-50(48)59-51/h1-35,53,55,57H,(H,56,58). The lowest BCUT2D eigenvalue weighted by Gasteiger charge is -2.33. The van der Waals surface area contributed by atoms with Gasteiger partial charge >= 0.3 is 0 Å². The van der Waals surface area contributed by atoms with E-state index in [1.165, 1.54) is 33.0 Å². The molecule has 11 rings (SSSR count). The number of nitrogens with zero attached hydrogens (tertiary/aromatic N) is 1. The highest BCUT2D eigenvalue weighted by Crippen LogP contribution is 2.43. The molecule has 0 fully saturated rings. The molecule has 1 aliphatic rings. The quantitative estimate of drug-likeness (QED) is 0.170. The van der Waals surface area contributed by atoms with Crippen molar-refractivity contribution in [2.24, 2.45) is 4.99 Å². The molecule has 280 valence electrons. The molecule has 2 atom stereocenters. The fourth-order valence-electron chi connectivity index (χ4n) is 8.66. The Hall–Kier alpha value is -7.53. The van der Waals surface area contributed by atoms with E-state index in [1.54, 1.807) is 0 Å². The molecular weight excluding hydrogens is 719 g/mol. The molecule has 2 heterocycles. The largest absolute Gasteiger partial charge is 0.456 e. The molecule has 2 unspecified atom stereocenters. The van der Waals surface area contributed by atoms with Gasteiger partial charge < -0.3 is 9.73 Å². The summed E-state index contributed by atoms with van der Waals surface area (Å²) in [7, 11) is 0. The topological polar surface area (TPSA) is 49.6 Å². The average molecular weight is 758 g/mol. The Labute approximate surface area is 343 Å². The zero-order valence-corrected chi connectivity index (χ0v) is 32.2. The van der Waals surface area contributed by atoms with Gasteiger partial charge in [0.1, 0.15) is 29.3 Å². The molecule has 0 aliphatic carbocycles. The Bertz CT molecular complexity index is 3140. The van der Waals surface area contributed by atoms with Crippen molar-refractivity contribution in [1.29, 1.82) is 0 Å². The van der Waals surface area contributed by atoms with Crippen molar-refractivity contribution >= 4 is 38.5 Å². The zero-order valence-electron chi connectivity index (χ0n) is 32.2. The minimum Gasteiger partial charge on any atom is -0.456 e. The van der Waals surface area contributed by atoms with Crippen molar-refractivity contribution in [3.05, 3.63) is 229 Å². The summed E-state index contributed by atoms with van der Waals surface area (Å²) < 4.78 is 6.55. The van der Waals surface area contributed by atoms with Gasteiger partial charge in [-0.3, -0.25) is 5.32 Å². The van der Waals surface area contributed by atoms with Gasteiger partial charge in [-0.2, -0.15) is 0 Å². The van der Waals surface area contributed by atoms with E-state index < -0.39 is 0 Å². The zero-order chi connectivity index (χ0) is 39.1. The Morgan fingerprint density at radius 2 is 0.932 bits per heavy atom. The number of furan rings is 1. The summed E-state index contributed by atoms with van der Waals surface area (Å²) in [5, 5.41) is 12.3. The molecule has 0 saturated carbocycles. The molecule has 2 N–H and O–H groups in total. The number of hydrogen-bond donors (Lipinski definition) is 2. The van der Waals surface area contributed by atoms with E-state index in [2.05, 4.69) is 217 Å². The first-order chi connectivity index (χ1) is 29.2. The summed E-state index contributed by atoms with van der Waals surface area (Å²) in [6, 6.07) is 75.3. The van der Waals surface area contributed by atoms with Gasteiger partial charge in [-0.25, -0.2) is 4.99 Å². The van der Waals surface area contributed by atoms with Gasteiger partial charge in [-0.05, 0) is 84.6 Å². The highest BCUT2D eigenvalue weighted by Gasteiger charge is 2.27. The minimum absolute atomic E-state index is 0.237. The van der Waals surface area contributed by atoms with E-state index >= 15 is 0 Å². The summed E-state index contributed by atoms with van der Waals surface area (Å²) in [5.74, 6) is 0.848. The third-order valence-electron chi connectivity index (χ3n) is 11.6. The number of benzene rings is 9. The van der Waals surface area contributed by atoms with E-state index in [-0.39, 0.29) is 12.3 Å². The third-order valence-corrected chi connectivity index (χ3v) is 11.6. The second-order valence-electron chi connectivity index (χ2n) is 15.2. The Balaban J connectivity index is 1.03. The number of fused-ring (bicyclic) bond motifs is 4. The van der Waals surface area contributed by atoms with Gasteiger partial charge in [0.05, 0.1) is 0 Å². The van der Waals surface area contributed by atoms with Gasteiger partial charge in [-0.15, -0.1) is 0 Å². The third kappa shape index (κ3) is 6.46. The fraction of sp³-hybridized carbons (Fsp3) is 0.0364. The van der Waals surface area contributed by atoms with Crippen molar-refractivity contribution in [2.75, 3.05) is 0 Å². The molecule has 4 heteroatoms. The maximum Gasteiger partial charge on any atom is 0.136 e. The van der Waals surface area contributed by atoms with Crippen molar-refractivity contribution in [3.63, 3.8) is 0 Å². The van der Waals surface area contributed by atoms with Crippen LogP contribution in [0.25, 0.3) is 77.2 Å². The average Bonchev–Trinajstić information content (AvgIpc) is 3.70. The van der Waals surface area contributed by atoms with Crippen LogP contribution in [0.4, 0.5) is 0 Å². The lowest BCUT2D eigenvalue weighted by atomic mass is 9.90. The van der Waals surface area contributed by atoms with Crippen molar-refractivity contribution in [3.8, 4) is 44.5 Å². The second-order valence-corrected chi connectivity index (χ2v) is 15.2. The van der Waals surface area contributed by atoms with Crippen LogP contribution in [0.3, 0.4) is 0 Å². The van der Waals surface area contributed by atoms with Crippen LogP contribution in [0, 0.1) is 0 Å². The predicted octanol–water partition coefficient (Wildman–Crippen LogP) is 13.7. The van der Waals surface area contributed by atoms with Gasteiger partial charge in [0.2, 0.25) is 0 Å². The number of nitrogens with one attached hydrogen (secondary N) is 2. The first kappa shape index (κ1) is 34.7. The summed E-state index contributed by atoms with van der Waals surface area (Å²) in [6.45, 7) is 0. The molecule has 1 aromatic heterocycles. The molecule has 4 nitrogen and oxygen atoms in total. The SMILES string of the molecule is c1ccc(-c2ccc(C3=NC(c4ccc(-c5ccccc5)cc4)NC(c4cccc5c(-c6cc(-c7ccccc7)cc7oc8ccccc8c67)cccc45)N3)cc2)cc1. The molecule has 0 radical (unpaired) electrons. The van der Waals surface area contributed by atoms with E-state index in [0.29, 0.717) is 0 Å². The summed E-state index contributed by atoms with van der Waals surface area (Å²) in [4.78, 5) is 5.33. The molecular formula is C55H39N3O. The number of hydrogen-bond acceptors (Lipinski definition) is 4. The number of aliphatic imine (C=N–C) groups is 1. The van der Waals surface area contributed by atoms with Crippen LogP contribution in [0.15, 0.2) is 222 Å². The van der Waals surface area contributed by atoms with Gasteiger partial charge in [0, 0.05) is 16.3 Å². The van der Waals surface area contributed by atoms with Gasteiger partial charge in [0.15, 0.2) is 0 Å². The number of para-hydroxylation sites is 1. The molecule has 0 bridgehead atoms. The molecule has 0 amide bonds. The highest BCUT2D eigenvalue weighted by molar-refractivity contribution is 6.16. The normalized spacial score (nSPS) is 15.3. The van der Waals surface area contributed by atoms with Crippen LogP contribution in [-0.4, -0.2) is 5.84 Å². The van der Waals surface area contributed by atoms with Gasteiger partial charge in [0.25, 0.3) is 0 Å². The number of amidine groups is 1. The fourth-order valence-corrected chi connectivity index (χ4v) is 8.66. The molecule has 0 spiro atoms. The summed E-state index contributed by atoms with van der Waals surface area (Å²) in [5.41, 5.74) is 14.4. The highest BCUT2D eigenvalue weighted by atomic mass is 16.3. The van der Waals surface area contributed by atoms with E-state index in [1.807, 2.05) is 6.07 Å². The number of rotatable bonds is 7.